The number of nitrogens with one attached hydrogen (secondary N) is 1. The van der Waals surface area contributed by atoms with E-state index in [1.807, 2.05) is 0 Å². The summed E-state index contributed by atoms with van der Waals surface area (Å²) in [6, 6.07) is 3.75. The van der Waals surface area contributed by atoms with E-state index in [1.54, 1.807) is 5.38 Å². The van der Waals surface area contributed by atoms with E-state index in [1.165, 1.54) is 35.3 Å². The Morgan fingerprint density at radius 2 is 1.96 bits per heavy atom. The van der Waals surface area contributed by atoms with Crippen LogP contribution in [0.15, 0.2) is 23.6 Å². The van der Waals surface area contributed by atoms with Gasteiger partial charge in [-0.1, -0.05) is 0 Å². The molecule has 0 spiro atoms. The molecule has 0 saturated heterocycles. The summed E-state index contributed by atoms with van der Waals surface area (Å²) in [6.07, 6.45) is 3.97. The highest BCUT2D eigenvalue weighted by Gasteiger charge is 2.22. The quantitative estimate of drug-likeness (QED) is 0.638. The average molecular weight is 375 g/mol. The first-order valence-corrected chi connectivity index (χ1v) is 9.20. The largest absolute Gasteiger partial charge is 0.454 e. The van der Waals surface area contributed by atoms with Gasteiger partial charge in [0, 0.05) is 22.9 Å². The number of esters is 1. The molecular weight excluding hydrogens is 357 g/mol. The number of rotatable bonds is 5. The molecule has 7 heteroatoms. The molecule has 0 aliphatic heterocycles. The van der Waals surface area contributed by atoms with E-state index in [9.17, 15) is 18.8 Å². The van der Waals surface area contributed by atoms with E-state index < -0.39 is 24.2 Å². The smallest absolute Gasteiger partial charge is 0.339 e. The van der Waals surface area contributed by atoms with Gasteiger partial charge >= 0.3 is 5.97 Å². The van der Waals surface area contributed by atoms with E-state index in [2.05, 4.69) is 5.32 Å². The van der Waals surface area contributed by atoms with E-state index in [4.69, 9.17) is 4.74 Å². The number of thiophene rings is 1. The maximum absolute atomic E-state index is 14.1. The van der Waals surface area contributed by atoms with Crippen molar-refractivity contribution in [2.24, 2.45) is 0 Å². The zero-order valence-corrected chi connectivity index (χ0v) is 15.1. The average Bonchev–Trinajstić information content (AvgIpc) is 3.03. The van der Waals surface area contributed by atoms with Crippen molar-refractivity contribution < 1.29 is 23.5 Å². The van der Waals surface area contributed by atoms with Gasteiger partial charge in [0.1, 0.15) is 5.82 Å². The van der Waals surface area contributed by atoms with Crippen molar-refractivity contribution in [2.45, 2.75) is 32.6 Å². The third-order valence-corrected chi connectivity index (χ3v) is 5.29. The van der Waals surface area contributed by atoms with Gasteiger partial charge in [0.05, 0.1) is 11.1 Å². The fourth-order valence-corrected chi connectivity index (χ4v) is 4.09. The van der Waals surface area contributed by atoms with Gasteiger partial charge in [0.15, 0.2) is 6.61 Å². The Hall–Kier alpha value is -2.54. The number of hydrogen-bond donors (Lipinski definition) is 1. The Balaban J connectivity index is 1.64. The van der Waals surface area contributed by atoms with Crippen molar-refractivity contribution in [3.8, 4) is 0 Å². The van der Waals surface area contributed by atoms with Crippen molar-refractivity contribution in [2.75, 3.05) is 11.9 Å². The highest BCUT2D eigenvalue weighted by Crippen LogP contribution is 2.30. The van der Waals surface area contributed by atoms with Crippen LogP contribution in [0, 0.1) is 5.82 Å². The summed E-state index contributed by atoms with van der Waals surface area (Å²) in [4.78, 5) is 36.6. The van der Waals surface area contributed by atoms with Crippen LogP contribution in [-0.2, 0) is 22.4 Å². The predicted molar refractivity (Wildman–Crippen MR) is 96.3 cm³/mol. The number of aryl methyl sites for hydroxylation is 1. The molecule has 0 bridgehead atoms. The first kappa shape index (κ1) is 18.3. The minimum atomic E-state index is -0.773. The lowest BCUT2D eigenvalue weighted by Gasteiger charge is -2.12. The number of benzene rings is 1. The van der Waals surface area contributed by atoms with Gasteiger partial charge in [-0.2, -0.15) is 0 Å². The van der Waals surface area contributed by atoms with Crippen LogP contribution in [0.2, 0.25) is 0 Å². The normalized spacial score (nSPS) is 13.0. The summed E-state index contributed by atoms with van der Waals surface area (Å²) in [5.41, 5.74) is 1.61. The van der Waals surface area contributed by atoms with Gasteiger partial charge in [-0.05, 0) is 49.4 Å². The minimum Gasteiger partial charge on any atom is -0.454 e. The predicted octanol–water partition coefficient (Wildman–Crippen LogP) is 3.76. The molecule has 136 valence electrons. The van der Waals surface area contributed by atoms with Gasteiger partial charge in [-0.25, -0.2) is 9.18 Å². The zero-order valence-electron chi connectivity index (χ0n) is 14.3. The van der Waals surface area contributed by atoms with Crippen LogP contribution in [0.5, 0.6) is 0 Å². The summed E-state index contributed by atoms with van der Waals surface area (Å²) in [5.74, 6) is -2.29. The molecule has 1 aromatic carbocycles. The Labute approximate surface area is 154 Å². The lowest BCUT2D eigenvalue weighted by atomic mass is 9.96. The number of carbonyl (C=O) groups excluding carboxylic acids is 3. The summed E-state index contributed by atoms with van der Waals surface area (Å²) in [6.45, 7) is 0.777. The van der Waals surface area contributed by atoms with Crippen LogP contribution in [-0.4, -0.2) is 24.3 Å². The number of amides is 1. The molecular formula is C19H18FNO4S. The lowest BCUT2D eigenvalue weighted by molar-refractivity contribution is -0.114. The fraction of sp³-hybridized carbons (Fsp3) is 0.316. The van der Waals surface area contributed by atoms with Crippen molar-refractivity contribution in [3.05, 3.63) is 51.0 Å². The van der Waals surface area contributed by atoms with Crippen molar-refractivity contribution in [3.63, 3.8) is 0 Å². The second-order valence-electron chi connectivity index (χ2n) is 6.13. The Morgan fingerprint density at radius 3 is 2.69 bits per heavy atom. The van der Waals surface area contributed by atoms with Crippen LogP contribution >= 0.6 is 11.3 Å². The Kier molecular flexibility index (Phi) is 5.46. The molecule has 1 heterocycles. The molecule has 0 fully saturated rings. The van der Waals surface area contributed by atoms with E-state index in [0.717, 1.165) is 37.3 Å². The molecule has 1 aliphatic carbocycles. The Morgan fingerprint density at radius 1 is 1.19 bits per heavy atom. The van der Waals surface area contributed by atoms with Crippen LogP contribution in [0.4, 0.5) is 10.1 Å². The van der Waals surface area contributed by atoms with Crippen molar-refractivity contribution in [1.82, 2.24) is 0 Å². The van der Waals surface area contributed by atoms with E-state index in [0.29, 0.717) is 5.56 Å². The molecule has 3 rings (SSSR count). The molecule has 26 heavy (non-hydrogen) atoms. The minimum absolute atomic E-state index is 0.181. The SMILES string of the molecule is CC(=O)Nc1ccc(C(=O)COC(=O)c2csc3c2CCCC3)c(F)c1. The number of anilines is 1. The van der Waals surface area contributed by atoms with Gasteiger partial charge < -0.3 is 10.1 Å². The Bertz CT molecular complexity index is 874. The molecule has 5 nitrogen and oxygen atoms in total. The molecule has 0 saturated carbocycles. The highest BCUT2D eigenvalue weighted by molar-refractivity contribution is 7.10. The second-order valence-corrected chi connectivity index (χ2v) is 7.10. The zero-order chi connectivity index (χ0) is 18.7. The number of ether oxygens (including phenoxy) is 1. The maximum Gasteiger partial charge on any atom is 0.339 e. The highest BCUT2D eigenvalue weighted by atomic mass is 32.1. The van der Waals surface area contributed by atoms with Crippen LogP contribution < -0.4 is 5.32 Å². The third kappa shape index (κ3) is 3.99. The number of carbonyl (C=O) groups is 3. The standard InChI is InChI=1S/C19H18FNO4S/c1-11(22)21-12-6-7-14(16(20)8-12)17(23)9-25-19(24)15-10-26-18-5-3-2-4-13(15)18/h6-8,10H,2-5,9H2,1H3,(H,21,22). The number of ketones is 1. The van der Waals surface area contributed by atoms with Gasteiger partial charge in [0.2, 0.25) is 11.7 Å². The molecule has 0 unspecified atom stereocenters. The van der Waals surface area contributed by atoms with Gasteiger partial charge in [-0.15, -0.1) is 11.3 Å². The summed E-state index contributed by atoms with van der Waals surface area (Å²) in [5, 5.41) is 4.20. The molecule has 0 radical (unpaired) electrons. The molecule has 1 aromatic heterocycles. The molecule has 0 atom stereocenters. The molecule has 1 aliphatic rings. The second kappa shape index (κ2) is 7.78. The number of Topliss-reactive ketones (excluding diaryl/α,β-unsaturated/α-hetero) is 1. The monoisotopic (exact) mass is 375 g/mol. The van der Waals surface area contributed by atoms with Crippen LogP contribution in [0.25, 0.3) is 0 Å². The van der Waals surface area contributed by atoms with Crippen molar-refractivity contribution in [1.29, 1.82) is 0 Å². The van der Waals surface area contributed by atoms with E-state index >= 15 is 0 Å². The number of hydrogen-bond acceptors (Lipinski definition) is 5. The summed E-state index contributed by atoms with van der Waals surface area (Å²) in [7, 11) is 0. The van der Waals surface area contributed by atoms with Crippen LogP contribution in [0.3, 0.4) is 0 Å². The maximum atomic E-state index is 14.1. The first-order chi connectivity index (χ1) is 12.5. The summed E-state index contributed by atoms with van der Waals surface area (Å²) >= 11 is 1.54. The van der Waals surface area contributed by atoms with Gasteiger partial charge in [0.25, 0.3) is 0 Å². The number of fused-ring (bicyclic) bond motifs is 1. The fourth-order valence-electron chi connectivity index (χ4n) is 2.97. The lowest BCUT2D eigenvalue weighted by Crippen LogP contribution is -2.17. The summed E-state index contributed by atoms with van der Waals surface area (Å²) < 4.78 is 19.2. The first-order valence-electron chi connectivity index (χ1n) is 8.32. The van der Waals surface area contributed by atoms with E-state index in [-0.39, 0.29) is 17.2 Å². The molecule has 1 N–H and O–H groups in total. The molecule has 1 amide bonds. The van der Waals surface area contributed by atoms with Gasteiger partial charge in [-0.3, -0.25) is 9.59 Å². The number of halogens is 1. The van der Waals surface area contributed by atoms with Crippen LogP contribution in [0.1, 0.15) is 50.9 Å². The molecule has 2 aromatic rings. The topological polar surface area (TPSA) is 72.5 Å². The third-order valence-electron chi connectivity index (χ3n) is 4.21. The van der Waals surface area contributed by atoms with Crippen molar-refractivity contribution >= 4 is 34.7 Å².